The van der Waals surface area contributed by atoms with Gasteiger partial charge in [0.1, 0.15) is 0 Å². The highest BCUT2D eigenvalue weighted by atomic mass is 19.4. The van der Waals surface area contributed by atoms with E-state index in [1.165, 1.54) is 6.92 Å². The summed E-state index contributed by atoms with van der Waals surface area (Å²) in [5, 5.41) is 0. The van der Waals surface area contributed by atoms with Crippen molar-refractivity contribution in [3.63, 3.8) is 0 Å². The van der Waals surface area contributed by atoms with Gasteiger partial charge in [-0.2, -0.15) is 19.1 Å². The van der Waals surface area contributed by atoms with Crippen molar-refractivity contribution in [3.8, 4) is 0 Å². The third-order valence-electron chi connectivity index (χ3n) is 1.87. The number of hydrogen-bond donors (Lipinski definition) is 1. The first-order valence-corrected chi connectivity index (χ1v) is 3.95. The van der Waals surface area contributed by atoms with Crippen LogP contribution in [0.15, 0.2) is 18.2 Å². The molecule has 3 nitrogen and oxygen atoms in total. The van der Waals surface area contributed by atoms with Crippen molar-refractivity contribution in [3.05, 3.63) is 34.9 Å². The Labute approximate surface area is 83.6 Å². The first-order valence-electron chi connectivity index (χ1n) is 3.95. The lowest BCUT2D eigenvalue weighted by Crippen LogP contribution is -2.12. The number of carbonyl (C=O) groups is 1. The molecule has 0 unspecified atom stereocenters. The number of hydrogen-bond acceptors (Lipinski definition) is 3. The average Bonchev–Trinajstić information content (AvgIpc) is 2.14. The van der Waals surface area contributed by atoms with Gasteiger partial charge in [-0.1, -0.05) is 0 Å². The highest BCUT2D eigenvalue weighted by Gasteiger charge is 2.32. The molecule has 2 N–H and O–H groups in total. The number of benzene rings is 1. The van der Waals surface area contributed by atoms with Crippen LogP contribution in [0.1, 0.15) is 21.5 Å². The van der Waals surface area contributed by atoms with E-state index >= 15 is 0 Å². The number of alkyl halides is 3. The molecule has 0 aromatic heterocycles. The van der Waals surface area contributed by atoms with Crippen LogP contribution in [-0.4, -0.2) is 5.97 Å². The van der Waals surface area contributed by atoms with E-state index in [1.54, 1.807) is 0 Å². The smallest absolute Gasteiger partial charge is 0.370 e. The summed E-state index contributed by atoms with van der Waals surface area (Å²) in [4.78, 5) is 14.8. The van der Waals surface area contributed by atoms with Crippen LogP contribution in [-0.2, 0) is 11.0 Å². The van der Waals surface area contributed by atoms with Crippen molar-refractivity contribution in [2.75, 3.05) is 0 Å². The standard InChI is InChI=1S/C9H8F3NO2/c1-5-4-6(8(14)15-13)2-3-7(5)9(10,11)12/h2-4H,13H2,1H3. The Morgan fingerprint density at radius 2 is 2.00 bits per heavy atom. The maximum Gasteiger partial charge on any atom is 0.416 e. The summed E-state index contributed by atoms with van der Waals surface area (Å²) in [6, 6.07) is 2.92. The molecule has 0 aliphatic heterocycles. The zero-order chi connectivity index (χ0) is 11.6. The topological polar surface area (TPSA) is 52.3 Å². The van der Waals surface area contributed by atoms with Crippen molar-refractivity contribution in [2.24, 2.45) is 5.90 Å². The second-order valence-corrected chi connectivity index (χ2v) is 2.93. The van der Waals surface area contributed by atoms with E-state index in [2.05, 4.69) is 10.7 Å². The van der Waals surface area contributed by atoms with Crippen LogP contribution in [0, 0.1) is 6.92 Å². The van der Waals surface area contributed by atoms with Crippen LogP contribution in [0.3, 0.4) is 0 Å². The van der Waals surface area contributed by atoms with Crippen molar-refractivity contribution in [1.82, 2.24) is 0 Å². The fourth-order valence-electron chi connectivity index (χ4n) is 1.18. The highest BCUT2D eigenvalue weighted by molar-refractivity contribution is 5.89. The van der Waals surface area contributed by atoms with E-state index in [0.29, 0.717) is 0 Å². The Morgan fingerprint density at radius 3 is 2.40 bits per heavy atom. The van der Waals surface area contributed by atoms with E-state index < -0.39 is 17.7 Å². The lowest BCUT2D eigenvalue weighted by atomic mass is 10.0. The molecule has 0 saturated heterocycles. The molecule has 1 aromatic rings. The lowest BCUT2D eigenvalue weighted by molar-refractivity contribution is -0.138. The molecule has 0 saturated carbocycles. The van der Waals surface area contributed by atoms with Gasteiger partial charge in [-0.15, -0.1) is 0 Å². The number of carbonyl (C=O) groups excluding carboxylic acids is 1. The Bertz CT molecular complexity index is 387. The summed E-state index contributed by atoms with van der Waals surface area (Å²) in [7, 11) is 0. The molecule has 1 rings (SSSR count). The molecule has 15 heavy (non-hydrogen) atoms. The van der Waals surface area contributed by atoms with E-state index in [4.69, 9.17) is 0 Å². The van der Waals surface area contributed by atoms with Gasteiger partial charge in [0.25, 0.3) is 0 Å². The van der Waals surface area contributed by atoms with Gasteiger partial charge in [0, 0.05) is 0 Å². The molecule has 0 amide bonds. The molecule has 0 aliphatic carbocycles. The summed E-state index contributed by atoms with van der Waals surface area (Å²) in [5.74, 6) is 3.74. The molecule has 0 heterocycles. The average molecular weight is 219 g/mol. The molecule has 82 valence electrons. The van der Waals surface area contributed by atoms with Gasteiger partial charge in [-0.25, -0.2) is 4.79 Å². The van der Waals surface area contributed by atoms with Crippen LogP contribution in [0.2, 0.25) is 0 Å². The van der Waals surface area contributed by atoms with Crippen LogP contribution in [0.5, 0.6) is 0 Å². The number of aryl methyl sites for hydroxylation is 1. The Balaban J connectivity index is 3.15. The first kappa shape index (κ1) is 11.5. The molecule has 0 bridgehead atoms. The molecular formula is C9H8F3NO2. The second kappa shape index (κ2) is 3.90. The predicted octanol–water partition coefficient (Wildman–Crippen LogP) is 2.04. The SMILES string of the molecule is Cc1cc(C(=O)ON)ccc1C(F)(F)F. The lowest BCUT2D eigenvalue weighted by Gasteiger charge is -2.10. The fraction of sp³-hybridized carbons (Fsp3) is 0.222. The predicted molar refractivity (Wildman–Crippen MR) is 45.8 cm³/mol. The monoisotopic (exact) mass is 219 g/mol. The Morgan fingerprint density at radius 1 is 1.40 bits per heavy atom. The zero-order valence-corrected chi connectivity index (χ0v) is 7.76. The molecule has 0 aliphatic rings. The normalized spacial score (nSPS) is 11.3. The molecule has 1 aromatic carbocycles. The van der Waals surface area contributed by atoms with Crippen LogP contribution in [0.4, 0.5) is 13.2 Å². The molecule has 0 fully saturated rings. The van der Waals surface area contributed by atoms with E-state index in [0.717, 1.165) is 18.2 Å². The van der Waals surface area contributed by atoms with Crippen LogP contribution >= 0.6 is 0 Å². The summed E-state index contributed by atoms with van der Waals surface area (Å²) in [5.41, 5.74) is -0.843. The van der Waals surface area contributed by atoms with Gasteiger partial charge < -0.3 is 4.84 Å². The minimum Gasteiger partial charge on any atom is -0.370 e. The van der Waals surface area contributed by atoms with Gasteiger partial charge in [0.15, 0.2) is 0 Å². The molecular weight excluding hydrogens is 211 g/mol. The minimum absolute atomic E-state index is 0.0111. The number of nitrogens with two attached hydrogens (primary N) is 1. The second-order valence-electron chi connectivity index (χ2n) is 2.93. The Kier molecular flexibility index (Phi) is 2.99. The quantitative estimate of drug-likeness (QED) is 0.735. The first-order chi connectivity index (χ1) is 6.86. The fourth-order valence-corrected chi connectivity index (χ4v) is 1.18. The third-order valence-corrected chi connectivity index (χ3v) is 1.87. The minimum atomic E-state index is -4.42. The maximum absolute atomic E-state index is 12.3. The summed E-state index contributed by atoms with van der Waals surface area (Å²) in [6.07, 6.45) is -4.42. The van der Waals surface area contributed by atoms with Gasteiger partial charge in [0.2, 0.25) is 0 Å². The van der Waals surface area contributed by atoms with Gasteiger partial charge in [-0.05, 0) is 30.7 Å². The molecule has 0 atom stereocenters. The highest BCUT2D eigenvalue weighted by Crippen LogP contribution is 2.31. The van der Waals surface area contributed by atoms with Crippen molar-refractivity contribution in [1.29, 1.82) is 0 Å². The molecule has 0 radical (unpaired) electrons. The number of halogens is 3. The van der Waals surface area contributed by atoms with Crippen molar-refractivity contribution < 1.29 is 22.8 Å². The zero-order valence-electron chi connectivity index (χ0n) is 7.76. The van der Waals surface area contributed by atoms with E-state index in [1.807, 2.05) is 0 Å². The number of rotatable bonds is 1. The van der Waals surface area contributed by atoms with Gasteiger partial charge >= 0.3 is 12.1 Å². The molecule has 0 spiro atoms. The van der Waals surface area contributed by atoms with E-state index in [-0.39, 0.29) is 11.1 Å². The summed E-state index contributed by atoms with van der Waals surface area (Å²) in [6.45, 7) is 1.26. The van der Waals surface area contributed by atoms with Gasteiger partial charge in [0.05, 0.1) is 11.1 Å². The molecule has 6 heteroatoms. The van der Waals surface area contributed by atoms with E-state index in [9.17, 15) is 18.0 Å². The van der Waals surface area contributed by atoms with Crippen LogP contribution < -0.4 is 5.90 Å². The third kappa shape index (κ3) is 2.47. The summed E-state index contributed by atoms with van der Waals surface area (Å²) < 4.78 is 37.0. The van der Waals surface area contributed by atoms with Crippen molar-refractivity contribution >= 4 is 5.97 Å². The van der Waals surface area contributed by atoms with Crippen molar-refractivity contribution in [2.45, 2.75) is 13.1 Å². The van der Waals surface area contributed by atoms with Crippen LogP contribution in [0.25, 0.3) is 0 Å². The largest absolute Gasteiger partial charge is 0.416 e. The maximum atomic E-state index is 12.3. The summed E-state index contributed by atoms with van der Waals surface area (Å²) >= 11 is 0. The van der Waals surface area contributed by atoms with Gasteiger partial charge in [-0.3, -0.25) is 0 Å². The Hall–Kier alpha value is -1.56.